The number of sulfonamides is 1. The Morgan fingerprint density at radius 1 is 1.10 bits per heavy atom. The van der Waals surface area contributed by atoms with Gasteiger partial charge in [0, 0.05) is 24.2 Å². The highest BCUT2D eigenvalue weighted by Crippen LogP contribution is 2.27. The molecule has 3 aromatic rings. The van der Waals surface area contributed by atoms with Crippen LogP contribution in [-0.2, 0) is 16.4 Å². The van der Waals surface area contributed by atoms with Crippen LogP contribution in [0, 0.1) is 5.92 Å². The van der Waals surface area contributed by atoms with E-state index in [9.17, 15) is 13.2 Å². The third kappa shape index (κ3) is 4.79. The second-order valence-corrected chi connectivity index (χ2v) is 9.41. The quantitative estimate of drug-likeness (QED) is 0.689. The van der Waals surface area contributed by atoms with Crippen LogP contribution in [0.2, 0.25) is 0 Å². The maximum absolute atomic E-state index is 12.9. The van der Waals surface area contributed by atoms with E-state index < -0.39 is 10.0 Å². The topological polar surface area (TPSA) is 79.6 Å². The molecule has 0 atom stereocenters. The number of amides is 1. The largest absolute Gasteiger partial charge is 0.451 e. The Morgan fingerprint density at radius 3 is 2.52 bits per heavy atom. The standard InChI is InChI=1S/C22H24N2O4S/c1-29(26,27)23-19-7-8-20-18(14-19)15-21(28-20)22(25)24-11-9-17(10-12-24)13-16-5-3-2-4-6-16/h2-8,14-15,17,23H,9-13H2,1H3. The number of piperidine rings is 1. The molecule has 1 aliphatic heterocycles. The SMILES string of the molecule is CS(=O)(=O)Nc1ccc2oc(C(=O)N3CCC(Cc4ccccc4)CC3)cc2c1. The van der Waals surface area contributed by atoms with Crippen LogP contribution in [0.25, 0.3) is 11.0 Å². The Balaban J connectivity index is 1.41. The first-order valence-corrected chi connectivity index (χ1v) is 11.6. The van der Waals surface area contributed by atoms with E-state index in [0.29, 0.717) is 35.7 Å². The molecule has 7 heteroatoms. The highest BCUT2D eigenvalue weighted by molar-refractivity contribution is 7.92. The molecular formula is C22H24N2O4S. The summed E-state index contributed by atoms with van der Waals surface area (Å²) in [5.74, 6) is 0.761. The number of hydrogen-bond acceptors (Lipinski definition) is 4. The minimum absolute atomic E-state index is 0.114. The van der Waals surface area contributed by atoms with Gasteiger partial charge in [0.1, 0.15) is 5.58 Å². The lowest BCUT2D eigenvalue weighted by Gasteiger charge is -2.31. The molecule has 0 aliphatic carbocycles. The number of benzene rings is 2. The first kappa shape index (κ1) is 19.5. The Bertz CT molecular complexity index is 1110. The lowest BCUT2D eigenvalue weighted by molar-refractivity contribution is 0.0661. The molecule has 0 unspecified atom stereocenters. The molecule has 1 fully saturated rings. The van der Waals surface area contributed by atoms with Gasteiger partial charge in [0.05, 0.1) is 6.26 Å². The van der Waals surface area contributed by atoms with Crippen molar-refractivity contribution >= 4 is 32.6 Å². The molecular weight excluding hydrogens is 388 g/mol. The second-order valence-electron chi connectivity index (χ2n) is 7.66. The van der Waals surface area contributed by atoms with Crippen LogP contribution < -0.4 is 4.72 Å². The van der Waals surface area contributed by atoms with Crippen molar-refractivity contribution in [2.24, 2.45) is 5.92 Å². The van der Waals surface area contributed by atoms with Gasteiger partial charge in [-0.25, -0.2) is 8.42 Å². The Labute approximate surface area is 170 Å². The number of fused-ring (bicyclic) bond motifs is 1. The van der Waals surface area contributed by atoms with Crippen molar-refractivity contribution in [3.8, 4) is 0 Å². The van der Waals surface area contributed by atoms with Gasteiger partial charge in [0.15, 0.2) is 5.76 Å². The molecule has 152 valence electrons. The van der Waals surface area contributed by atoms with E-state index in [1.165, 1.54) is 5.56 Å². The van der Waals surface area contributed by atoms with Crippen molar-refractivity contribution in [2.75, 3.05) is 24.1 Å². The van der Waals surface area contributed by atoms with Gasteiger partial charge in [-0.2, -0.15) is 0 Å². The molecule has 0 bridgehead atoms. The number of nitrogens with one attached hydrogen (secondary N) is 1. The van der Waals surface area contributed by atoms with Crippen LogP contribution in [0.15, 0.2) is 59.0 Å². The van der Waals surface area contributed by atoms with E-state index in [4.69, 9.17) is 4.42 Å². The fourth-order valence-electron chi connectivity index (χ4n) is 3.87. The van der Waals surface area contributed by atoms with E-state index in [1.54, 1.807) is 24.3 Å². The normalized spacial score (nSPS) is 15.6. The minimum Gasteiger partial charge on any atom is -0.451 e. The number of anilines is 1. The Hall–Kier alpha value is -2.80. The van der Waals surface area contributed by atoms with Gasteiger partial charge >= 0.3 is 0 Å². The van der Waals surface area contributed by atoms with Gasteiger partial charge < -0.3 is 9.32 Å². The van der Waals surface area contributed by atoms with Crippen molar-refractivity contribution in [1.29, 1.82) is 0 Å². The number of rotatable bonds is 5. The predicted molar refractivity (Wildman–Crippen MR) is 113 cm³/mol. The molecule has 0 spiro atoms. The highest BCUT2D eigenvalue weighted by atomic mass is 32.2. The van der Waals surface area contributed by atoms with Crippen LogP contribution in [-0.4, -0.2) is 38.6 Å². The summed E-state index contributed by atoms with van der Waals surface area (Å²) in [5, 5.41) is 0.695. The number of carbonyl (C=O) groups excluding carboxylic acids is 1. The predicted octanol–water partition coefficient (Wildman–Crippen LogP) is 3.90. The monoisotopic (exact) mass is 412 g/mol. The van der Waals surface area contributed by atoms with E-state index >= 15 is 0 Å². The smallest absolute Gasteiger partial charge is 0.289 e. The average molecular weight is 413 g/mol. The van der Waals surface area contributed by atoms with Crippen molar-refractivity contribution in [3.63, 3.8) is 0 Å². The minimum atomic E-state index is -3.36. The molecule has 2 heterocycles. The summed E-state index contributed by atoms with van der Waals surface area (Å²) < 4.78 is 31.0. The molecule has 4 rings (SSSR count). The third-order valence-electron chi connectivity index (χ3n) is 5.30. The molecule has 0 radical (unpaired) electrons. The van der Waals surface area contributed by atoms with Crippen LogP contribution in [0.5, 0.6) is 0 Å². The fraction of sp³-hybridized carbons (Fsp3) is 0.318. The molecule has 6 nitrogen and oxygen atoms in total. The van der Waals surface area contributed by atoms with Crippen LogP contribution >= 0.6 is 0 Å². The summed E-state index contributed by atoms with van der Waals surface area (Å²) in [5.41, 5.74) is 2.35. The number of likely N-dealkylation sites (tertiary alicyclic amines) is 1. The van der Waals surface area contributed by atoms with Gasteiger partial charge in [-0.1, -0.05) is 30.3 Å². The number of furan rings is 1. The lowest BCUT2D eigenvalue weighted by atomic mass is 9.90. The third-order valence-corrected chi connectivity index (χ3v) is 5.91. The second kappa shape index (κ2) is 7.91. The molecule has 29 heavy (non-hydrogen) atoms. The van der Waals surface area contributed by atoms with Gasteiger partial charge in [-0.15, -0.1) is 0 Å². The van der Waals surface area contributed by atoms with Gasteiger partial charge in [-0.3, -0.25) is 9.52 Å². The van der Waals surface area contributed by atoms with Crippen molar-refractivity contribution < 1.29 is 17.6 Å². The summed E-state index contributed by atoms with van der Waals surface area (Å²) in [6.07, 6.45) is 4.10. The van der Waals surface area contributed by atoms with Gasteiger partial charge in [-0.05, 0) is 55.0 Å². The van der Waals surface area contributed by atoms with E-state index in [1.807, 2.05) is 11.0 Å². The number of carbonyl (C=O) groups is 1. The maximum Gasteiger partial charge on any atom is 0.289 e. The van der Waals surface area contributed by atoms with Crippen LogP contribution in [0.4, 0.5) is 5.69 Å². The zero-order chi connectivity index (χ0) is 20.4. The average Bonchev–Trinajstić information content (AvgIpc) is 3.11. The molecule has 1 amide bonds. The Morgan fingerprint density at radius 2 is 1.83 bits per heavy atom. The van der Waals surface area contributed by atoms with E-state index in [0.717, 1.165) is 25.5 Å². The fourth-order valence-corrected chi connectivity index (χ4v) is 4.42. The molecule has 1 N–H and O–H groups in total. The van der Waals surface area contributed by atoms with Crippen LogP contribution in [0.1, 0.15) is 29.0 Å². The van der Waals surface area contributed by atoms with Crippen LogP contribution in [0.3, 0.4) is 0 Å². The van der Waals surface area contributed by atoms with E-state index in [-0.39, 0.29) is 11.7 Å². The number of nitrogens with zero attached hydrogens (tertiary/aromatic N) is 1. The highest BCUT2D eigenvalue weighted by Gasteiger charge is 2.26. The van der Waals surface area contributed by atoms with Gasteiger partial charge in [0.2, 0.25) is 10.0 Å². The summed E-state index contributed by atoms with van der Waals surface area (Å²) in [4.78, 5) is 14.7. The van der Waals surface area contributed by atoms with Crippen molar-refractivity contribution in [2.45, 2.75) is 19.3 Å². The molecule has 1 aromatic heterocycles. The van der Waals surface area contributed by atoms with Gasteiger partial charge in [0.25, 0.3) is 5.91 Å². The first-order chi connectivity index (χ1) is 13.9. The summed E-state index contributed by atoms with van der Waals surface area (Å²) >= 11 is 0. The molecule has 0 saturated carbocycles. The first-order valence-electron chi connectivity index (χ1n) is 9.72. The summed E-state index contributed by atoms with van der Waals surface area (Å²) in [6.45, 7) is 1.43. The zero-order valence-corrected chi connectivity index (χ0v) is 17.1. The number of hydrogen-bond donors (Lipinski definition) is 1. The summed E-state index contributed by atoms with van der Waals surface area (Å²) in [6, 6.07) is 17.1. The molecule has 2 aromatic carbocycles. The zero-order valence-electron chi connectivity index (χ0n) is 16.3. The molecule has 1 aliphatic rings. The lowest BCUT2D eigenvalue weighted by Crippen LogP contribution is -2.38. The Kier molecular flexibility index (Phi) is 5.32. The van der Waals surface area contributed by atoms with E-state index in [2.05, 4.69) is 29.0 Å². The van der Waals surface area contributed by atoms with Crippen molar-refractivity contribution in [3.05, 3.63) is 65.9 Å². The molecule has 1 saturated heterocycles. The van der Waals surface area contributed by atoms with Crippen molar-refractivity contribution in [1.82, 2.24) is 4.90 Å². The summed E-state index contributed by atoms with van der Waals surface area (Å²) in [7, 11) is -3.36. The maximum atomic E-state index is 12.9.